The number of halogens is 1. The van der Waals surface area contributed by atoms with Gasteiger partial charge in [-0.2, -0.15) is 0 Å². The van der Waals surface area contributed by atoms with Gasteiger partial charge in [0, 0.05) is 25.8 Å². The van der Waals surface area contributed by atoms with Gasteiger partial charge in [-0.15, -0.1) is 0 Å². The molecule has 0 aliphatic rings. The van der Waals surface area contributed by atoms with Crippen LogP contribution in [0, 0.1) is 5.82 Å². The van der Waals surface area contributed by atoms with Gasteiger partial charge in [0.15, 0.2) is 0 Å². The summed E-state index contributed by atoms with van der Waals surface area (Å²) in [5.41, 5.74) is 0.451. The van der Waals surface area contributed by atoms with Crippen LogP contribution < -0.4 is 5.32 Å². The predicted octanol–water partition coefficient (Wildman–Crippen LogP) is 0.726. The van der Waals surface area contributed by atoms with Crippen molar-refractivity contribution in [2.24, 2.45) is 0 Å². The lowest BCUT2D eigenvalue weighted by Crippen LogP contribution is -2.36. The smallest absolute Gasteiger partial charge is 0.234 e. The number of phenolic OH excluding ortho intramolecular Hbond substituents is 1. The Morgan fingerprint density at radius 2 is 2.26 bits per heavy atom. The highest BCUT2D eigenvalue weighted by atomic mass is 19.1. The molecule has 0 radical (unpaired) electrons. The minimum atomic E-state index is -0.411. The normalized spacial score (nSPS) is 10.7. The number of hydrogen-bond acceptors (Lipinski definition) is 4. The molecule has 6 heteroatoms. The number of nitrogens with one attached hydrogen (secondary N) is 1. The van der Waals surface area contributed by atoms with Crippen molar-refractivity contribution in [1.82, 2.24) is 10.2 Å². The van der Waals surface area contributed by atoms with Gasteiger partial charge in [-0.05, 0) is 25.2 Å². The molecule has 1 aromatic carbocycles. The van der Waals surface area contributed by atoms with Crippen LogP contribution in [0.5, 0.6) is 5.75 Å². The summed E-state index contributed by atoms with van der Waals surface area (Å²) < 4.78 is 17.9. The number of amides is 1. The van der Waals surface area contributed by atoms with Gasteiger partial charge in [0.2, 0.25) is 5.91 Å². The number of carbonyl (C=O) groups excluding carboxylic acids is 1. The number of rotatable bonds is 7. The minimum absolute atomic E-state index is 0.0213. The molecule has 0 atom stereocenters. The largest absolute Gasteiger partial charge is 0.508 e. The molecule has 1 aromatic rings. The quantitative estimate of drug-likeness (QED) is 0.717. The first-order valence-corrected chi connectivity index (χ1v) is 5.94. The van der Waals surface area contributed by atoms with Crippen molar-refractivity contribution in [3.63, 3.8) is 0 Å². The number of likely N-dealkylation sites (N-methyl/N-ethyl adjacent to an activating group) is 1. The van der Waals surface area contributed by atoms with Crippen molar-refractivity contribution in [1.29, 1.82) is 0 Å². The number of hydrogen-bond donors (Lipinski definition) is 2. The Kier molecular flexibility index (Phi) is 6.24. The molecule has 0 spiro atoms. The lowest BCUT2D eigenvalue weighted by molar-refractivity contribution is -0.122. The topological polar surface area (TPSA) is 61.8 Å². The highest BCUT2D eigenvalue weighted by Gasteiger charge is 2.09. The van der Waals surface area contributed by atoms with Crippen LogP contribution in [0.4, 0.5) is 4.39 Å². The van der Waals surface area contributed by atoms with E-state index >= 15 is 0 Å². The van der Waals surface area contributed by atoms with Gasteiger partial charge in [-0.25, -0.2) is 4.39 Å². The molecule has 1 amide bonds. The SMILES string of the molecule is COCCNC(=O)CN(C)Cc1cc(F)ccc1O. The maximum Gasteiger partial charge on any atom is 0.234 e. The fourth-order valence-corrected chi connectivity index (χ4v) is 1.62. The molecule has 106 valence electrons. The van der Waals surface area contributed by atoms with E-state index in [0.29, 0.717) is 25.3 Å². The molecule has 19 heavy (non-hydrogen) atoms. The molecular weight excluding hydrogens is 251 g/mol. The van der Waals surface area contributed by atoms with Crippen LogP contribution in [0.2, 0.25) is 0 Å². The molecule has 0 fully saturated rings. The van der Waals surface area contributed by atoms with Crippen LogP contribution in [-0.2, 0) is 16.1 Å². The summed E-state index contributed by atoms with van der Waals surface area (Å²) in [6.45, 7) is 1.37. The van der Waals surface area contributed by atoms with Crippen LogP contribution in [0.15, 0.2) is 18.2 Å². The van der Waals surface area contributed by atoms with Crippen molar-refractivity contribution in [3.05, 3.63) is 29.6 Å². The lowest BCUT2D eigenvalue weighted by Gasteiger charge is -2.17. The van der Waals surface area contributed by atoms with Gasteiger partial charge in [0.1, 0.15) is 11.6 Å². The van der Waals surface area contributed by atoms with E-state index < -0.39 is 5.82 Å². The first-order valence-electron chi connectivity index (χ1n) is 5.94. The van der Waals surface area contributed by atoms with E-state index in [1.54, 1.807) is 19.1 Å². The Morgan fingerprint density at radius 1 is 1.53 bits per heavy atom. The highest BCUT2D eigenvalue weighted by Crippen LogP contribution is 2.18. The molecule has 1 rings (SSSR count). The molecule has 5 nitrogen and oxygen atoms in total. The molecule has 0 heterocycles. The average Bonchev–Trinajstić information content (AvgIpc) is 2.34. The molecule has 0 bridgehead atoms. The van der Waals surface area contributed by atoms with E-state index in [9.17, 15) is 14.3 Å². The molecule has 0 aliphatic carbocycles. The van der Waals surface area contributed by atoms with Crippen LogP contribution in [0.25, 0.3) is 0 Å². The zero-order chi connectivity index (χ0) is 14.3. The summed E-state index contributed by atoms with van der Waals surface area (Å²) in [6, 6.07) is 3.75. The van der Waals surface area contributed by atoms with Crippen LogP contribution >= 0.6 is 0 Å². The van der Waals surface area contributed by atoms with E-state index in [2.05, 4.69) is 5.32 Å². The first kappa shape index (κ1) is 15.4. The minimum Gasteiger partial charge on any atom is -0.508 e. The summed E-state index contributed by atoms with van der Waals surface area (Å²) >= 11 is 0. The number of ether oxygens (including phenoxy) is 1. The van der Waals surface area contributed by atoms with E-state index in [1.165, 1.54) is 18.2 Å². The molecule has 0 saturated heterocycles. The van der Waals surface area contributed by atoms with Crippen molar-refractivity contribution < 1.29 is 19.0 Å². The second-order valence-corrected chi connectivity index (χ2v) is 4.29. The van der Waals surface area contributed by atoms with Crippen LogP contribution in [-0.4, -0.2) is 49.8 Å². The van der Waals surface area contributed by atoms with Crippen molar-refractivity contribution in [3.8, 4) is 5.75 Å². The molecule has 0 saturated carbocycles. The molecule has 0 unspecified atom stereocenters. The highest BCUT2D eigenvalue weighted by molar-refractivity contribution is 5.77. The molecule has 0 aromatic heterocycles. The van der Waals surface area contributed by atoms with Gasteiger partial charge in [0.25, 0.3) is 0 Å². The second-order valence-electron chi connectivity index (χ2n) is 4.29. The third-order valence-electron chi connectivity index (χ3n) is 2.52. The Bertz CT molecular complexity index is 426. The summed E-state index contributed by atoms with van der Waals surface area (Å²) in [5, 5.41) is 12.3. The fourth-order valence-electron chi connectivity index (χ4n) is 1.62. The molecular formula is C13H19FN2O3. The lowest BCUT2D eigenvalue weighted by atomic mass is 10.2. The fraction of sp³-hybridized carbons (Fsp3) is 0.462. The van der Waals surface area contributed by atoms with Crippen molar-refractivity contribution >= 4 is 5.91 Å². The monoisotopic (exact) mass is 270 g/mol. The molecule has 2 N–H and O–H groups in total. The third kappa shape index (κ3) is 5.67. The zero-order valence-electron chi connectivity index (χ0n) is 11.1. The van der Waals surface area contributed by atoms with E-state index in [-0.39, 0.29) is 18.2 Å². The third-order valence-corrected chi connectivity index (χ3v) is 2.52. The number of carbonyl (C=O) groups is 1. The Morgan fingerprint density at radius 3 is 2.95 bits per heavy atom. The van der Waals surface area contributed by atoms with Crippen molar-refractivity contribution in [2.75, 3.05) is 33.9 Å². The average molecular weight is 270 g/mol. The van der Waals surface area contributed by atoms with Crippen LogP contribution in [0.3, 0.4) is 0 Å². The Balaban J connectivity index is 2.44. The number of phenols is 1. The second kappa shape index (κ2) is 7.70. The Hall–Kier alpha value is -1.66. The van der Waals surface area contributed by atoms with Gasteiger partial charge in [-0.1, -0.05) is 0 Å². The van der Waals surface area contributed by atoms with Gasteiger partial charge in [0.05, 0.1) is 13.2 Å². The van der Waals surface area contributed by atoms with E-state index in [1.807, 2.05) is 0 Å². The molecule has 0 aliphatic heterocycles. The summed E-state index contributed by atoms with van der Waals surface area (Å²) in [4.78, 5) is 13.2. The number of nitrogens with zero attached hydrogens (tertiary/aromatic N) is 1. The Labute approximate surface area is 112 Å². The van der Waals surface area contributed by atoms with Gasteiger partial charge < -0.3 is 15.2 Å². The van der Waals surface area contributed by atoms with Crippen molar-refractivity contribution in [2.45, 2.75) is 6.54 Å². The first-order chi connectivity index (χ1) is 9.02. The summed E-state index contributed by atoms with van der Waals surface area (Å²) in [5.74, 6) is -0.533. The van der Waals surface area contributed by atoms with Crippen LogP contribution in [0.1, 0.15) is 5.56 Å². The standard InChI is InChI=1S/C13H19FN2O3/c1-16(9-13(18)15-5-6-19-2)8-10-7-11(14)3-4-12(10)17/h3-4,7,17H,5-6,8-9H2,1-2H3,(H,15,18). The zero-order valence-corrected chi connectivity index (χ0v) is 11.1. The van der Waals surface area contributed by atoms with Gasteiger partial charge >= 0.3 is 0 Å². The summed E-state index contributed by atoms with van der Waals surface area (Å²) in [6.07, 6.45) is 0. The number of methoxy groups -OCH3 is 1. The maximum absolute atomic E-state index is 13.0. The van der Waals surface area contributed by atoms with E-state index in [0.717, 1.165) is 0 Å². The van der Waals surface area contributed by atoms with Gasteiger partial charge in [-0.3, -0.25) is 9.69 Å². The van der Waals surface area contributed by atoms with E-state index in [4.69, 9.17) is 4.74 Å². The predicted molar refractivity (Wildman–Crippen MR) is 69.3 cm³/mol. The maximum atomic E-state index is 13.0. The summed E-state index contributed by atoms with van der Waals surface area (Å²) in [7, 11) is 3.28. The number of benzene rings is 1. The number of aromatic hydroxyl groups is 1.